The van der Waals surface area contributed by atoms with E-state index in [1.54, 1.807) is 11.3 Å². The fraction of sp³-hybridized carbons (Fsp3) is 0.0192. The first-order valence-corrected chi connectivity index (χ1v) is 19.6. The molecule has 258 valence electrons. The van der Waals surface area contributed by atoms with Crippen LogP contribution in [0.15, 0.2) is 206 Å². The Morgan fingerprint density at radius 1 is 0.473 bits per heavy atom. The first-order chi connectivity index (χ1) is 27.3. The summed E-state index contributed by atoms with van der Waals surface area (Å²) in [5.41, 5.74) is 12.8. The number of anilines is 3. The average Bonchev–Trinajstić information content (AvgIpc) is 3.78. The summed E-state index contributed by atoms with van der Waals surface area (Å²) >= 11 is 1.77. The van der Waals surface area contributed by atoms with Crippen molar-refractivity contribution in [2.45, 2.75) is 5.41 Å². The predicted molar refractivity (Wildman–Crippen MR) is 232 cm³/mol. The van der Waals surface area contributed by atoms with E-state index in [4.69, 9.17) is 4.98 Å². The van der Waals surface area contributed by atoms with Gasteiger partial charge in [-0.3, -0.25) is 0 Å². The Bertz CT molecular complexity index is 2980. The predicted octanol–water partition coefficient (Wildman–Crippen LogP) is 14.1. The van der Waals surface area contributed by atoms with Crippen LogP contribution in [0.5, 0.6) is 0 Å². The number of hydrogen-bond donors (Lipinski definition) is 0. The van der Waals surface area contributed by atoms with E-state index in [9.17, 15) is 0 Å². The number of benzene rings is 8. The lowest BCUT2D eigenvalue weighted by Gasteiger charge is -2.34. The molecule has 2 nitrogen and oxygen atoms in total. The number of fused-ring (bicyclic) bond motifs is 7. The van der Waals surface area contributed by atoms with E-state index in [1.807, 2.05) is 6.20 Å². The highest BCUT2D eigenvalue weighted by atomic mass is 32.1. The van der Waals surface area contributed by atoms with Crippen molar-refractivity contribution in [3.63, 3.8) is 0 Å². The Hall–Kier alpha value is -6.81. The minimum Gasteiger partial charge on any atom is -0.309 e. The highest BCUT2D eigenvalue weighted by Gasteiger charge is 2.47. The van der Waals surface area contributed by atoms with E-state index >= 15 is 0 Å². The van der Waals surface area contributed by atoms with Crippen LogP contribution in [0, 0.1) is 0 Å². The summed E-state index contributed by atoms with van der Waals surface area (Å²) < 4.78 is 1.24. The van der Waals surface area contributed by atoms with Gasteiger partial charge in [0.2, 0.25) is 0 Å². The van der Waals surface area contributed by atoms with Crippen molar-refractivity contribution in [1.29, 1.82) is 0 Å². The molecule has 55 heavy (non-hydrogen) atoms. The summed E-state index contributed by atoms with van der Waals surface area (Å²) in [5, 5.41) is 4.87. The summed E-state index contributed by atoms with van der Waals surface area (Å²) in [4.78, 5) is 8.52. The Kier molecular flexibility index (Phi) is 7.29. The number of rotatable bonds is 6. The summed E-state index contributed by atoms with van der Waals surface area (Å²) in [7, 11) is 0. The van der Waals surface area contributed by atoms with Crippen molar-refractivity contribution in [3.05, 3.63) is 229 Å². The second kappa shape index (κ2) is 12.7. The normalized spacial score (nSPS) is 12.9. The maximum Gasteiger partial charge on any atom is 0.126 e. The first-order valence-electron chi connectivity index (χ1n) is 18.8. The van der Waals surface area contributed by atoms with Gasteiger partial charge in [0.15, 0.2) is 0 Å². The fourth-order valence-corrected chi connectivity index (χ4v) is 10.2. The Labute approximate surface area is 324 Å². The van der Waals surface area contributed by atoms with Gasteiger partial charge in [-0.15, -0.1) is 11.3 Å². The monoisotopic (exact) mass is 718 g/mol. The summed E-state index contributed by atoms with van der Waals surface area (Å²) in [6.07, 6.45) is 1.98. The van der Waals surface area contributed by atoms with Crippen LogP contribution >= 0.6 is 11.3 Å². The second-order valence-electron chi connectivity index (χ2n) is 14.3. The number of pyridine rings is 1. The summed E-state index contributed by atoms with van der Waals surface area (Å²) in [5.74, 6) is 0. The van der Waals surface area contributed by atoms with Crippen LogP contribution in [-0.2, 0) is 5.41 Å². The lowest BCUT2D eigenvalue weighted by molar-refractivity contribution is 0.768. The molecule has 8 aromatic carbocycles. The van der Waals surface area contributed by atoms with Crippen LogP contribution < -0.4 is 4.90 Å². The van der Waals surface area contributed by atoms with E-state index in [0.29, 0.717) is 0 Å². The lowest BCUT2D eigenvalue weighted by Crippen LogP contribution is -2.28. The largest absolute Gasteiger partial charge is 0.309 e. The zero-order chi connectivity index (χ0) is 36.3. The van der Waals surface area contributed by atoms with Gasteiger partial charge in [0.25, 0.3) is 0 Å². The molecule has 0 radical (unpaired) electrons. The molecule has 2 heterocycles. The molecule has 3 heteroatoms. The molecular formula is C52H34N2S. The molecule has 0 saturated carbocycles. The number of nitrogens with zero attached hydrogens (tertiary/aromatic N) is 2. The Balaban J connectivity index is 1.23. The molecule has 0 atom stereocenters. The quantitative estimate of drug-likeness (QED) is 0.170. The topological polar surface area (TPSA) is 16.1 Å². The zero-order valence-electron chi connectivity index (χ0n) is 29.9. The highest BCUT2D eigenvalue weighted by Crippen LogP contribution is 2.60. The van der Waals surface area contributed by atoms with Crippen molar-refractivity contribution >= 4 is 59.5 Å². The molecule has 1 aliphatic rings. The minimum atomic E-state index is -0.505. The molecule has 11 rings (SSSR count). The fourth-order valence-electron chi connectivity index (χ4n) is 9.05. The number of thiophene rings is 1. The number of aromatic nitrogens is 1. The molecule has 10 aromatic rings. The summed E-state index contributed by atoms with van der Waals surface area (Å²) in [6.45, 7) is 0. The molecular weight excluding hydrogens is 685 g/mol. The van der Waals surface area contributed by atoms with Gasteiger partial charge < -0.3 is 4.90 Å². The average molecular weight is 719 g/mol. The third-order valence-corrected chi connectivity index (χ3v) is 12.5. The van der Waals surface area contributed by atoms with Gasteiger partial charge in [-0.1, -0.05) is 164 Å². The van der Waals surface area contributed by atoms with Crippen molar-refractivity contribution in [2.24, 2.45) is 0 Å². The first kappa shape index (κ1) is 31.7. The summed E-state index contributed by atoms with van der Waals surface area (Å²) in [6, 6.07) is 73.2. The van der Waals surface area contributed by atoms with Gasteiger partial charge in [-0.25, -0.2) is 4.98 Å². The van der Waals surface area contributed by atoms with Crippen molar-refractivity contribution in [3.8, 4) is 22.3 Å². The van der Waals surface area contributed by atoms with Gasteiger partial charge in [-0.05, 0) is 86.1 Å². The van der Waals surface area contributed by atoms with Crippen molar-refractivity contribution in [2.75, 3.05) is 4.90 Å². The minimum absolute atomic E-state index is 0.505. The standard InChI is InChI=1S/C52H34N2S/c1-4-15-35(16-5-1)36-27-29-41(30-28-36)54(47-31-32-53-51-50(47)43-33-37-17-10-11-18-38(37)34-48(43)55-51)46-26-14-25-45-49(46)42-23-12-13-24-44(42)52(45,39-19-6-2-7-20-39)40-21-8-3-9-22-40/h1-34H. The second-order valence-corrected chi connectivity index (χ2v) is 15.3. The van der Waals surface area contributed by atoms with Crippen LogP contribution in [0.25, 0.3) is 53.3 Å². The SMILES string of the molecule is c1ccc(-c2ccc(N(c3cccc4c3-c3ccccc3C4(c3ccccc3)c3ccccc3)c3ccnc4sc5cc6ccccc6cc5c34)cc2)cc1. The van der Waals surface area contributed by atoms with Gasteiger partial charge in [0.05, 0.1) is 16.8 Å². The third kappa shape index (κ3) is 4.83. The molecule has 0 amide bonds. The molecule has 0 N–H and O–H groups in total. The molecule has 0 unspecified atom stereocenters. The maximum atomic E-state index is 5.00. The number of hydrogen-bond acceptors (Lipinski definition) is 3. The molecule has 1 aliphatic carbocycles. The van der Waals surface area contributed by atoms with Gasteiger partial charge >= 0.3 is 0 Å². The van der Waals surface area contributed by atoms with E-state index in [1.165, 1.54) is 70.8 Å². The van der Waals surface area contributed by atoms with E-state index in [2.05, 4.69) is 205 Å². The Morgan fingerprint density at radius 3 is 1.80 bits per heavy atom. The molecule has 0 fully saturated rings. The molecule has 0 bridgehead atoms. The van der Waals surface area contributed by atoms with Gasteiger partial charge in [0, 0.05) is 32.9 Å². The van der Waals surface area contributed by atoms with Crippen LogP contribution in [-0.4, -0.2) is 4.98 Å². The molecule has 0 saturated heterocycles. The molecule has 0 spiro atoms. The smallest absolute Gasteiger partial charge is 0.126 e. The van der Waals surface area contributed by atoms with E-state index < -0.39 is 5.41 Å². The van der Waals surface area contributed by atoms with Crippen LogP contribution in [0.1, 0.15) is 22.3 Å². The van der Waals surface area contributed by atoms with Gasteiger partial charge in [0.1, 0.15) is 4.83 Å². The molecule has 0 aliphatic heterocycles. The zero-order valence-corrected chi connectivity index (χ0v) is 30.7. The van der Waals surface area contributed by atoms with Crippen molar-refractivity contribution < 1.29 is 0 Å². The highest BCUT2D eigenvalue weighted by molar-refractivity contribution is 7.25. The lowest BCUT2D eigenvalue weighted by atomic mass is 9.68. The van der Waals surface area contributed by atoms with E-state index in [0.717, 1.165) is 21.9 Å². The third-order valence-electron chi connectivity index (χ3n) is 11.4. The molecule has 2 aromatic heterocycles. The van der Waals surface area contributed by atoms with Crippen LogP contribution in [0.2, 0.25) is 0 Å². The van der Waals surface area contributed by atoms with E-state index in [-0.39, 0.29) is 0 Å². The van der Waals surface area contributed by atoms with Crippen LogP contribution in [0.4, 0.5) is 17.1 Å². The maximum absolute atomic E-state index is 5.00. The van der Waals surface area contributed by atoms with Crippen LogP contribution in [0.3, 0.4) is 0 Å². The van der Waals surface area contributed by atoms with Gasteiger partial charge in [-0.2, -0.15) is 0 Å². The Morgan fingerprint density at radius 2 is 1.07 bits per heavy atom. The van der Waals surface area contributed by atoms with Crippen molar-refractivity contribution in [1.82, 2.24) is 4.98 Å².